The molecule has 1 saturated heterocycles. The van der Waals surface area contributed by atoms with Crippen LogP contribution >= 0.6 is 35.3 Å². The monoisotopic (exact) mass is 484 g/mol. The zero-order valence-corrected chi connectivity index (χ0v) is 18.5. The summed E-state index contributed by atoms with van der Waals surface area (Å²) in [5, 5.41) is 9.13. The number of guanidine groups is 1. The lowest BCUT2D eigenvalue weighted by Gasteiger charge is -2.27. The molecule has 2 aromatic rings. The summed E-state index contributed by atoms with van der Waals surface area (Å²) in [4.78, 5) is 8.41. The van der Waals surface area contributed by atoms with E-state index < -0.39 is 0 Å². The number of halogens is 1. The molecule has 1 unspecified atom stereocenters. The van der Waals surface area contributed by atoms with Crippen molar-refractivity contribution in [2.45, 2.75) is 25.3 Å². The predicted molar refractivity (Wildman–Crippen MR) is 123 cm³/mol. The lowest BCUT2D eigenvalue weighted by Crippen LogP contribution is -2.43. The van der Waals surface area contributed by atoms with Gasteiger partial charge in [-0.3, -0.25) is 9.89 Å². The molecule has 1 fully saturated rings. The second kappa shape index (κ2) is 11.6. The maximum atomic E-state index is 4.38. The molecule has 1 atom stereocenters. The molecule has 26 heavy (non-hydrogen) atoms. The van der Waals surface area contributed by atoms with Gasteiger partial charge in [0.25, 0.3) is 0 Å². The molecule has 2 N–H and O–H groups in total. The van der Waals surface area contributed by atoms with Crippen molar-refractivity contribution in [1.29, 1.82) is 0 Å². The fraction of sp³-hybridized carbons (Fsp3) is 0.450. The SMILES string of the molecule is CN=C(NCCc1ccccc1)NCC(c1cccs1)N1CCCC1.I. The Kier molecular flexibility index (Phi) is 9.42. The van der Waals surface area contributed by atoms with Crippen molar-refractivity contribution in [2.75, 3.05) is 33.2 Å². The minimum Gasteiger partial charge on any atom is -0.356 e. The van der Waals surface area contributed by atoms with Crippen molar-refractivity contribution >= 4 is 41.3 Å². The highest BCUT2D eigenvalue weighted by Gasteiger charge is 2.24. The number of rotatable bonds is 7. The van der Waals surface area contributed by atoms with Crippen LogP contribution in [0, 0.1) is 0 Å². The lowest BCUT2D eigenvalue weighted by molar-refractivity contribution is 0.249. The van der Waals surface area contributed by atoms with E-state index in [-0.39, 0.29) is 24.0 Å². The van der Waals surface area contributed by atoms with Crippen LogP contribution in [0.15, 0.2) is 52.8 Å². The topological polar surface area (TPSA) is 39.7 Å². The number of hydrogen-bond acceptors (Lipinski definition) is 3. The number of nitrogens with zero attached hydrogens (tertiary/aromatic N) is 2. The molecule has 4 nitrogen and oxygen atoms in total. The Morgan fingerprint density at radius 3 is 2.54 bits per heavy atom. The third-order valence-electron chi connectivity index (χ3n) is 4.69. The summed E-state index contributed by atoms with van der Waals surface area (Å²) in [6.07, 6.45) is 3.62. The van der Waals surface area contributed by atoms with Crippen molar-refractivity contribution < 1.29 is 0 Å². The van der Waals surface area contributed by atoms with Crippen LogP contribution < -0.4 is 10.6 Å². The molecule has 0 radical (unpaired) electrons. The van der Waals surface area contributed by atoms with Gasteiger partial charge < -0.3 is 10.6 Å². The second-order valence-corrected chi connectivity index (χ2v) is 7.37. The van der Waals surface area contributed by atoms with Gasteiger partial charge in [-0.2, -0.15) is 0 Å². The van der Waals surface area contributed by atoms with E-state index in [1.165, 1.54) is 36.4 Å². The average Bonchev–Trinajstić information content (AvgIpc) is 3.36. The van der Waals surface area contributed by atoms with Crippen LogP contribution in [0.5, 0.6) is 0 Å². The normalized spacial score (nSPS) is 16.1. The van der Waals surface area contributed by atoms with Gasteiger partial charge in [-0.25, -0.2) is 0 Å². The maximum absolute atomic E-state index is 4.38. The van der Waals surface area contributed by atoms with Crippen LogP contribution in [0.3, 0.4) is 0 Å². The van der Waals surface area contributed by atoms with Crippen molar-refractivity contribution in [1.82, 2.24) is 15.5 Å². The Balaban J connectivity index is 0.00000243. The largest absolute Gasteiger partial charge is 0.356 e. The number of likely N-dealkylation sites (tertiary alicyclic amines) is 1. The maximum Gasteiger partial charge on any atom is 0.191 e. The van der Waals surface area contributed by atoms with Crippen LogP contribution in [0.25, 0.3) is 0 Å². The first kappa shape index (κ1) is 21.2. The van der Waals surface area contributed by atoms with E-state index >= 15 is 0 Å². The van der Waals surface area contributed by atoms with Gasteiger partial charge in [0.1, 0.15) is 0 Å². The molecule has 0 amide bonds. The fourth-order valence-corrected chi connectivity index (χ4v) is 4.19. The average molecular weight is 484 g/mol. The van der Waals surface area contributed by atoms with Gasteiger partial charge in [0, 0.05) is 25.0 Å². The van der Waals surface area contributed by atoms with Gasteiger partial charge in [0.05, 0.1) is 6.04 Å². The molecule has 0 spiro atoms. The van der Waals surface area contributed by atoms with Crippen LogP contribution in [0.2, 0.25) is 0 Å². The molecule has 0 bridgehead atoms. The van der Waals surface area contributed by atoms with Crippen LogP contribution in [0.4, 0.5) is 0 Å². The highest BCUT2D eigenvalue weighted by Crippen LogP contribution is 2.27. The number of benzene rings is 1. The number of aliphatic imine (C=N–C) groups is 1. The number of nitrogens with one attached hydrogen (secondary N) is 2. The van der Waals surface area contributed by atoms with E-state index in [2.05, 4.69) is 68.4 Å². The van der Waals surface area contributed by atoms with Crippen molar-refractivity contribution in [3.63, 3.8) is 0 Å². The lowest BCUT2D eigenvalue weighted by atomic mass is 10.1. The molecular formula is C20H29IN4S. The molecule has 142 valence electrons. The van der Waals surface area contributed by atoms with E-state index in [9.17, 15) is 0 Å². The Morgan fingerprint density at radius 2 is 1.88 bits per heavy atom. The number of thiophene rings is 1. The van der Waals surface area contributed by atoms with Crippen molar-refractivity contribution in [3.05, 3.63) is 58.3 Å². The molecule has 1 aliphatic heterocycles. The van der Waals surface area contributed by atoms with E-state index in [1.54, 1.807) is 0 Å². The molecule has 1 aliphatic rings. The van der Waals surface area contributed by atoms with E-state index in [0.29, 0.717) is 6.04 Å². The molecule has 2 heterocycles. The van der Waals surface area contributed by atoms with Gasteiger partial charge in [-0.1, -0.05) is 36.4 Å². The summed E-state index contributed by atoms with van der Waals surface area (Å²) in [6.45, 7) is 4.18. The quantitative estimate of drug-likeness (QED) is 0.356. The Morgan fingerprint density at radius 1 is 1.12 bits per heavy atom. The fourth-order valence-electron chi connectivity index (χ4n) is 3.33. The second-order valence-electron chi connectivity index (χ2n) is 6.39. The minimum atomic E-state index is 0. The van der Waals surface area contributed by atoms with E-state index in [1.807, 2.05) is 18.4 Å². The van der Waals surface area contributed by atoms with Gasteiger partial charge in [0.2, 0.25) is 0 Å². The summed E-state index contributed by atoms with van der Waals surface area (Å²) in [7, 11) is 1.84. The molecule has 6 heteroatoms. The van der Waals surface area contributed by atoms with Gasteiger partial charge >= 0.3 is 0 Å². The van der Waals surface area contributed by atoms with Crippen molar-refractivity contribution in [2.24, 2.45) is 4.99 Å². The molecular weight excluding hydrogens is 455 g/mol. The van der Waals surface area contributed by atoms with Crippen LogP contribution in [-0.2, 0) is 6.42 Å². The zero-order valence-electron chi connectivity index (χ0n) is 15.4. The molecule has 1 aromatic carbocycles. The van der Waals surface area contributed by atoms with E-state index in [4.69, 9.17) is 0 Å². The first-order chi connectivity index (χ1) is 12.4. The molecule has 3 rings (SSSR count). The first-order valence-electron chi connectivity index (χ1n) is 9.12. The summed E-state index contributed by atoms with van der Waals surface area (Å²) in [6, 6.07) is 15.4. The third-order valence-corrected chi connectivity index (χ3v) is 5.66. The van der Waals surface area contributed by atoms with Gasteiger partial charge in [0.15, 0.2) is 5.96 Å². The minimum absolute atomic E-state index is 0. The molecule has 0 aliphatic carbocycles. The standard InChI is InChI=1S/C20H28N4S.HI/c1-21-20(22-12-11-17-8-3-2-4-9-17)23-16-18(19-10-7-15-25-19)24-13-5-6-14-24;/h2-4,7-10,15,18H,5-6,11-14,16H2,1H3,(H2,21,22,23);1H. The summed E-state index contributed by atoms with van der Waals surface area (Å²) in [5.41, 5.74) is 1.35. The highest BCUT2D eigenvalue weighted by atomic mass is 127. The van der Waals surface area contributed by atoms with Crippen molar-refractivity contribution in [3.8, 4) is 0 Å². The first-order valence-corrected chi connectivity index (χ1v) is 10.0. The zero-order chi connectivity index (χ0) is 17.3. The Labute approximate surface area is 178 Å². The van der Waals surface area contributed by atoms with E-state index in [0.717, 1.165) is 25.5 Å². The molecule has 1 aromatic heterocycles. The van der Waals surface area contributed by atoms with Crippen LogP contribution in [-0.4, -0.2) is 44.1 Å². The van der Waals surface area contributed by atoms with Gasteiger partial charge in [-0.15, -0.1) is 35.3 Å². The summed E-state index contributed by atoms with van der Waals surface area (Å²) >= 11 is 1.85. The highest BCUT2D eigenvalue weighted by molar-refractivity contribution is 14.0. The Bertz CT molecular complexity index is 639. The molecule has 0 saturated carbocycles. The van der Waals surface area contributed by atoms with Crippen LogP contribution in [0.1, 0.15) is 29.3 Å². The smallest absolute Gasteiger partial charge is 0.191 e. The van der Waals surface area contributed by atoms with Gasteiger partial charge in [-0.05, 0) is 49.4 Å². The summed E-state index contributed by atoms with van der Waals surface area (Å²) in [5.74, 6) is 0.886. The predicted octanol–water partition coefficient (Wildman–Crippen LogP) is 3.91. The number of hydrogen-bond donors (Lipinski definition) is 2. The Hall–Kier alpha value is -1.12. The third kappa shape index (κ3) is 6.25. The summed E-state index contributed by atoms with van der Waals surface area (Å²) < 4.78 is 0.